The molecule has 2 amide bonds. The van der Waals surface area contributed by atoms with Crippen molar-refractivity contribution < 1.29 is 9.59 Å². The van der Waals surface area contributed by atoms with Crippen LogP contribution in [0.2, 0.25) is 0 Å². The van der Waals surface area contributed by atoms with Gasteiger partial charge in [-0.3, -0.25) is 9.59 Å². The maximum atomic E-state index is 13.0. The molecule has 3 aromatic rings. The smallest absolute Gasteiger partial charge is 0.255 e. The molecule has 3 heterocycles. The monoisotopic (exact) mass is 340 g/mol. The zero-order valence-electron chi connectivity index (χ0n) is 12.9. The van der Waals surface area contributed by atoms with Crippen LogP contribution in [0, 0.1) is 0 Å². The van der Waals surface area contributed by atoms with E-state index in [1.54, 1.807) is 16.5 Å². The molecule has 1 aromatic carbocycles. The summed E-state index contributed by atoms with van der Waals surface area (Å²) in [6.07, 6.45) is 4.96. The predicted molar refractivity (Wildman–Crippen MR) is 93.1 cm³/mol. The van der Waals surface area contributed by atoms with Gasteiger partial charge in [0.1, 0.15) is 6.04 Å². The number of H-pyrrole nitrogens is 1. The van der Waals surface area contributed by atoms with Crippen LogP contribution in [0.5, 0.6) is 0 Å². The molecule has 1 fully saturated rings. The zero-order valence-corrected chi connectivity index (χ0v) is 13.7. The number of rotatable bonds is 3. The topological polar surface area (TPSA) is 78.1 Å². The zero-order chi connectivity index (χ0) is 16.5. The Hall–Kier alpha value is -2.67. The van der Waals surface area contributed by atoms with Gasteiger partial charge in [-0.1, -0.05) is 6.07 Å². The van der Waals surface area contributed by atoms with Gasteiger partial charge in [0, 0.05) is 40.8 Å². The predicted octanol–water partition coefficient (Wildman–Crippen LogP) is 2.87. The van der Waals surface area contributed by atoms with Crippen LogP contribution < -0.4 is 5.32 Å². The van der Waals surface area contributed by atoms with Gasteiger partial charge in [0.25, 0.3) is 5.91 Å². The standard InChI is InChI=1S/C17H16N4O2S/c22-15(20-17-19-8-10-24-17)14-5-2-9-21(14)16(23)12-3-1-4-13-11(12)6-7-18-13/h1,3-4,6-8,10,14,18H,2,5,9H2,(H,19,20,22)/t14-/m0/s1. The van der Waals surface area contributed by atoms with E-state index in [-0.39, 0.29) is 11.8 Å². The van der Waals surface area contributed by atoms with Crippen molar-refractivity contribution in [2.75, 3.05) is 11.9 Å². The molecule has 1 aliphatic heterocycles. The Bertz CT molecular complexity index is 887. The molecule has 7 heteroatoms. The molecule has 1 aliphatic rings. The summed E-state index contributed by atoms with van der Waals surface area (Å²) in [6, 6.07) is 7.04. The van der Waals surface area contributed by atoms with Crippen LogP contribution in [-0.2, 0) is 4.79 Å². The van der Waals surface area contributed by atoms with Crippen LogP contribution in [0.3, 0.4) is 0 Å². The number of carbonyl (C=O) groups excluding carboxylic acids is 2. The van der Waals surface area contributed by atoms with E-state index in [4.69, 9.17) is 0 Å². The third-order valence-corrected chi connectivity index (χ3v) is 4.99. The van der Waals surface area contributed by atoms with Crippen molar-refractivity contribution >= 4 is 39.2 Å². The summed E-state index contributed by atoms with van der Waals surface area (Å²) in [5, 5.41) is 6.05. The molecule has 0 spiro atoms. The molecule has 0 saturated carbocycles. The van der Waals surface area contributed by atoms with E-state index in [1.165, 1.54) is 11.3 Å². The summed E-state index contributed by atoms with van der Waals surface area (Å²) < 4.78 is 0. The average Bonchev–Trinajstić information content (AvgIpc) is 3.33. The number of nitrogens with one attached hydrogen (secondary N) is 2. The summed E-state index contributed by atoms with van der Waals surface area (Å²) in [5.41, 5.74) is 1.55. The van der Waals surface area contributed by atoms with Crippen LogP contribution in [0.4, 0.5) is 5.13 Å². The van der Waals surface area contributed by atoms with Crippen molar-refractivity contribution in [3.63, 3.8) is 0 Å². The molecular weight excluding hydrogens is 324 g/mol. The molecule has 2 aromatic heterocycles. The Morgan fingerprint density at radius 1 is 1.33 bits per heavy atom. The van der Waals surface area contributed by atoms with Crippen molar-refractivity contribution in [3.8, 4) is 0 Å². The molecular formula is C17H16N4O2S. The van der Waals surface area contributed by atoms with Gasteiger partial charge in [-0.05, 0) is 31.0 Å². The van der Waals surface area contributed by atoms with Crippen molar-refractivity contribution in [1.29, 1.82) is 0 Å². The van der Waals surface area contributed by atoms with E-state index in [0.717, 1.165) is 17.3 Å². The molecule has 0 aliphatic carbocycles. The van der Waals surface area contributed by atoms with E-state index >= 15 is 0 Å². The van der Waals surface area contributed by atoms with E-state index < -0.39 is 6.04 Å². The van der Waals surface area contributed by atoms with Crippen LogP contribution in [0.15, 0.2) is 42.0 Å². The highest BCUT2D eigenvalue weighted by molar-refractivity contribution is 7.13. The SMILES string of the molecule is O=C(Nc1nccs1)[C@@H]1CCCN1C(=O)c1cccc2[nH]ccc12. The molecule has 0 unspecified atom stereocenters. The van der Waals surface area contributed by atoms with Gasteiger partial charge >= 0.3 is 0 Å². The number of nitrogens with zero attached hydrogens (tertiary/aromatic N) is 2. The lowest BCUT2D eigenvalue weighted by atomic mass is 10.1. The van der Waals surface area contributed by atoms with Crippen LogP contribution in [0.25, 0.3) is 10.9 Å². The molecule has 0 radical (unpaired) electrons. The molecule has 2 N–H and O–H groups in total. The summed E-state index contributed by atoms with van der Waals surface area (Å²) >= 11 is 1.37. The van der Waals surface area contributed by atoms with Gasteiger partial charge in [0.05, 0.1) is 0 Å². The molecule has 122 valence electrons. The van der Waals surface area contributed by atoms with Crippen molar-refractivity contribution in [1.82, 2.24) is 14.9 Å². The number of hydrogen-bond donors (Lipinski definition) is 2. The molecule has 24 heavy (non-hydrogen) atoms. The molecule has 1 atom stereocenters. The number of thiazole rings is 1. The second-order valence-electron chi connectivity index (χ2n) is 5.73. The van der Waals surface area contributed by atoms with Gasteiger partial charge in [0.15, 0.2) is 5.13 Å². The Morgan fingerprint density at radius 2 is 2.25 bits per heavy atom. The first kappa shape index (κ1) is 14.9. The number of fused-ring (bicyclic) bond motifs is 1. The number of aromatic amines is 1. The van der Waals surface area contributed by atoms with Gasteiger partial charge in [-0.15, -0.1) is 11.3 Å². The van der Waals surface area contributed by atoms with E-state index in [9.17, 15) is 9.59 Å². The number of benzene rings is 1. The number of aromatic nitrogens is 2. The third-order valence-electron chi connectivity index (χ3n) is 4.30. The highest BCUT2D eigenvalue weighted by Crippen LogP contribution is 2.25. The highest BCUT2D eigenvalue weighted by Gasteiger charge is 2.35. The quantitative estimate of drug-likeness (QED) is 0.769. The fourth-order valence-corrected chi connectivity index (χ4v) is 3.71. The average molecular weight is 340 g/mol. The highest BCUT2D eigenvalue weighted by atomic mass is 32.1. The summed E-state index contributed by atoms with van der Waals surface area (Å²) in [5.74, 6) is -0.269. The van der Waals surface area contributed by atoms with Gasteiger partial charge in [0.2, 0.25) is 5.91 Å². The lowest BCUT2D eigenvalue weighted by Gasteiger charge is -2.24. The minimum atomic E-state index is -0.449. The fourth-order valence-electron chi connectivity index (χ4n) is 3.18. The molecule has 6 nitrogen and oxygen atoms in total. The maximum Gasteiger partial charge on any atom is 0.255 e. The number of amides is 2. The van der Waals surface area contributed by atoms with E-state index in [2.05, 4.69) is 15.3 Å². The lowest BCUT2D eigenvalue weighted by Crippen LogP contribution is -2.43. The first-order valence-electron chi connectivity index (χ1n) is 7.81. The molecule has 0 bridgehead atoms. The van der Waals surface area contributed by atoms with E-state index in [0.29, 0.717) is 23.7 Å². The van der Waals surface area contributed by atoms with Gasteiger partial charge in [-0.2, -0.15) is 0 Å². The number of likely N-dealkylation sites (tertiary alicyclic amines) is 1. The Labute approximate surface area is 142 Å². The van der Waals surface area contributed by atoms with Crippen LogP contribution in [0.1, 0.15) is 23.2 Å². The van der Waals surface area contributed by atoms with E-state index in [1.807, 2.05) is 30.5 Å². The minimum Gasteiger partial charge on any atom is -0.361 e. The van der Waals surface area contributed by atoms with Gasteiger partial charge < -0.3 is 15.2 Å². The summed E-state index contributed by atoms with van der Waals surface area (Å²) in [4.78, 5) is 34.4. The summed E-state index contributed by atoms with van der Waals surface area (Å²) in [7, 11) is 0. The summed E-state index contributed by atoms with van der Waals surface area (Å²) in [6.45, 7) is 0.593. The second kappa shape index (κ2) is 6.09. The fraction of sp³-hybridized carbons (Fsp3) is 0.235. The minimum absolute atomic E-state index is 0.100. The third kappa shape index (κ3) is 2.56. The molecule has 4 rings (SSSR count). The Balaban J connectivity index is 1.59. The second-order valence-corrected chi connectivity index (χ2v) is 6.62. The number of carbonyl (C=O) groups is 2. The van der Waals surface area contributed by atoms with Crippen molar-refractivity contribution in [2.45, 2.75) is 18.9 Å². The normalized spacial score (nSPS) is 17.3. The molecule has 1 saturated heterocycles. The van der Waals surface area contributed by atoms with Crippen molar-refractivity contribution in [2.24, 2.45) is 0 Å². The van der Waals surface area contributed by atoms with Crippen LogP contribution >= 0.6 is 11.3 Å². The van der Waals surface area contributed by atoms with Gasteiger partial charge in [-0.25, -0.2) is 4.98 Å². The Kier molecular flexibility index (Phi) is 3.78. The number of anilines is 1. The lowest BCUT2D eigenvalue weighted by molar-refractivity contribution is -0.119. The maximum absolute atomic E-state index is 13.0. The first-order valence-corrected chi connectivity index (χ1v) is 8.69. The number of hydrogen-bond acceptors (Lipinski definition) is 4. The Morgan fingerprint density at radius 3 is 3.08 bits per heavy atom. The van der Waals surface area contributed by atoms with Crippen LogP contribution in [-0.4, -0.2) is 39.3 Å². The first-order chi connectivity index (χ1) is 11.7. The largest absolute Gasteiger partial charge is 0.361 e. The van der Waals surface area contributed by atoms with Crippen molar-refractivity contribution in [3.05, 3.63) is 47.6 Å².